The Morgan fingerprint density at radius 3 is 2.63 bits per heavy atom. The first-order valence-electron chi connectivity index (χ1n) is 8.93. The number of hydrogen-bond acceptors (Lipinski definition) is 3. The third-order valence-corrected chi connectivity index (χ3v) is 5.28. The molecule has 0 unspecified atom stereocenters. The lowest BCUT2D eigenvalue weighted by atomic mass is 9.85. The molecule has 148 valence electrons. The zero-order valence-electron chi connectivity index (χ0n) is 14.9. The van der Waals surface area contributed by atoms with Crippen LogP contribution in [0.5, 0.6) is 0 Å². The fourth-order valence-corrected chi connectivity index (χ4v) is 3.84. The van der Waals surface area contributed by atoms with Crippen LogP contribution in [0.2, 0.25) is 0 Å². The van der Waals surface area contributed by atoms with Crippen LogP contribution in [0.3, 0.4) is 0 Å². The standard InChI is InChI=1S/C18H22F3N3O3/c1-2-23(10-16(25)26)12-8-11(9-12)22-17(27)24-7-6-13-14(18(19,20)21)4-3-5-15(13)24/h3-5,11-12H,2,6-10H2,1H3,(H,22,27)(H,25,26). The van der Waals surface area contributed by atoms with Crippen LogP contribution >= 0.6 is 0 Å². The number of fused-ring (bicyclic) bond motifs is 1. The predicted octanol–water partition coefficient (Wildman–Crippen LogP) is 2.72. The molecule has 0 atom stereocenters. The topological polar surface area (TPSA) is 72.9 Å². The molecule has 1 aliphatic carbocycles. The number of aliphatic carboxylic acids is 1. The number of carbonyl (C=O) groups excluding carboxylic acids is 1. The minimum atomic E-state index is -4.44. The number of alkyl halides is 3. The van der Waals surface area contributed by atoms with Gasteiger partial charge in [0, 0.05) is 24.3 Å². The largest absolute Gasteiger partial charge is 0.480 e. The molecule has 0 saturated heterocycles. The van der Waals surface area contributed by atoms with Gasteiger partial charge in [0.05, 0.1) is 12.1 Å². The molecule has 1 aromatic carbocycles. The third kappa shape index (κ3) is 4.02. The number of carbonyl (C=O) groups is 2. The zero-order chi connectivity index (χ0) is 19.8. The van der Waals surface area contributed by atoms with Crippen molar-refractivity contribution in [2.75, 3.05) is 24.5 Å². The first-order chi connectivity index (χ1) is 12.7. The second-order valence-electron chi connectivity index (χ2n) is 6.93. The summed E-state index contributed by atoms with van der Waals surface area (Å²) in [5.41, 5.74) is -0.226. The maximum Gasteiger partial charge on any atom is 0.416 e. The van der Waals surface area contributed by atoms with E-state index in [2.05, 4.69) is 5.32 Å². The van der Waals surface area contributed by atoms with E-state index in [1.54, 1.807) is 0 Å². The minimum absolute atomic E-state index is 0.0401. The van der Waals surface area contributed by atoms with Crippen LogP contribution < -0.4 is 10.2 Å². The lowest BCUT2D eigenvalue weighted by molar-refractivity contribution is -0.139. The number of hydrogen-bond donors (Lipinski definition) is 2. The lowest BCUT2D eigenvalue weighted by Gasteiger charge is -2.42. The van der Waals surface area contributed by atoms with Crippen molar-refractivity contribution in [1.29, 1.82) is 0 Å². The normalized spacial score (nSPS) is 21.7. The van der Waals surface area contributed by atoms with Crippen molar-refractivity contribution >= 4 is 17.7 Å². The summed E-state index contributed by atoms with van der Waals surface area (Å²) in [5.74, 6) is -0.890. The van der Waals surface area contributed by atoms with Crippen molar-refractivity contribution in [3.8, 4) is 0 Å². The summed E-state index contributed by atoms with van der Waals surface area (Å²) in [6.07, 6.45) is -2.99. The van der Waals surface area contributed by atoms with E-state index in [1.165, 1.54) is 17.0 Å². The molecule has 0 bridgehead atoms. The number of urea groups is 1. The van der Waals surface area contributed by atoms with E-state index in [1.807, 2.05) is 11.8 Å². The molecule has 1 heterocycles. The Hall–Kier alpha value is -2.29. The molecule has 2 N–H and O–H groups in total. The van der Waals surface area contributed by atoms with E-state index >= 15 is 0 Å². The minimum Gasteiger partial charge on any atom is -0.480 e. The average molecular weight is 385 g/mol. The van der Waals surface area contributed by atoms with Crippen LogP contribution in [0.25, 0.3) is 0 Å². The van der Waals surface area contributed by atoms with Gasteiger partial charge in [-0.3, -0.25) is 14.6 Å². The Morgan fingerprint density at radius 2 is 2.04 bits per heavy atom. The van der Waals surface area contributed by atoms with Gasteiger partial charge in [-0.05, 0) is 43.5 Å². The first-order valence-corrected chi connectivity index (χ1v) is 8.93. The van der Waals surface area contributed by atoms with Crippen LogP contribution in [0.1, 0.15) is 30.9 Å². The predicted molar refractivity (Wildman–Crippen MR) is 92.7 cm³/mol. The van der Waals surface area contributed by atoms with Gasteiger partial charge in [0.25, 0.3) is 0 Å². The van der Waals surface area contributed by atoms with E-state index in [9.17, 15) is 22.8 Å². The number of rotatable bonds is 5. The molecular formula is C18H22F3N3O3. The molecule has 9 heteroatoms. The summed E-state index contributed by atoms with van der Waals surface area (Å²) in [6.45, 7) is 2.66. The molecule has 2 aliphatic rings. The highest BCUT2D eigenvalue weighted by molar-refractivity contribution is 5.94. The number of carboxylic acid groups (broad SMARTS) is 1. The molecule has 0 aromatic heterocycles. The van der Waals surface area contributed by atoms with Crippen LogP contribution in [0.4, 0.5) is 23.7 Å². The molecule has 27 heavy (non-hydrogen) atoms. The highest BCUT2D eigenvalue weighted by Gasteiger charge is 2.39. The van der Waals surface area contributed by atoms with Crippen molar-refractivity contribution in [3.63, 3.8) is 0 Å². The Kier molecular flexibility index (Phi) is 5.32. The molecule has 1 fully saturated rings. The van der Waals surface area contributed by atoms with Crippen molar-refractivity contribution in [1.82, 2.24) is 10.2 Å². The summed E-state index contributed by atoms with van der Waals surface area (Å²) in [5, 5.41) is 11.8. The van der Waals surface area contributed by atoms with Gasteiger partial charge in [-0.2, -0.15) is 13.2 Å². The number of benzene rings is 1. The summed E-state index contributed by atoms with van der Waals surface area (Å²) >= 11 is 0. The van der Waals surface area contributed by atoms with Gasteiger partial charge >= 0.3 is 18.2 Å². The van der Waals surface area contributed by atoms with Gasteiger partial charge in [-0.1, -0.05) is 13.0 Å². The number of nitrogens with one attached hydrogen (secondary N) is 1. The molecule has 1 aromatic rings. The Bertz CT molecular complexity index is 732. The summed E-state index contributed by atoms with van der Waals surface area (Å²) in [6, 6.07) is 3.49. The van der Waals surface area contributed by atoms with E-state index in [4.69, 9.17) is 5.11 Å². The van der Waals surface area contributed by atoms with Gasteiger partial charge in [-0.15, -0.1) is 0 Å². The number of carboxylic acids is 1. The summed E-state index contributed by atoms with van der Waals surface area (Å²) in [4.78, 5) is 26.6. The monoisotopic (exact) mass is 385 g/mol. The molecule has 1 saturated carbocycles. The van der Waals surface area contributed by atoms with E-state index in [-0.39, 0.29) is 37.2 Å². The lowest BCUT2D eigenvalue weighted by Crippen LogP contribution is -2.56. The van der Waals surface area contributed by atoms with Gasteiger partial charge in [0.15, 0.2) is 0 Å². The van der Waals surface area contributed by atoms with E-state index in [0.717, 1.165) is 6.07 Å². The molecule has 1 aliphatic heterocycles. The van der Waals surface area contributed by atoms with Crippen molar-refractivity contribution in [3.05, 3.63) is 29.3 Å². The highest BCUT2D eigenvalue weighted by atomic mass is 19.4. The fourth-order valence-electron chi connectivity index (χ4n) is 3.84. The molecule has 6 nitrogen and oxygen atoms in total. The average Bonchev–Trinajstić information content (AvgIpc) is 2.98. The van der Waals surface area contributed by atoms with Gasteiger partial charge in [0.1, 0.15) is 0 Å². The number of anilines is 1. The van der Waals surface area contributed by atoms with Crippen LogP contribution in [0.15, 0.2) is 18.2 Å². The number of amides is 2. The summed E-state index contributed by atoms with van der Waals surface area (Å²) in [7, 11) is 0. The maximum absolute atomic E-state index is 13.1. The van der Waals surface area contributed by atoms with Crippen LogP contribution in [0, 0.1) is 0 Å². The first kappa shape index (κ1) is 19.5. The zero-order valence-corrected chi connectivity index (χ0v) is 14.9. The Balaban J connectivity index is 1.60. The molecular weight excluding hydrogens is 363 g/mol. The number of halogens is 3. The fraction of sp³-hybridized carbons (Fsp3) is 0.556. The Labute approximate surface area is 154 Å². The maximum atomic E-state index is 13.1. The molecule has 2 amide bonds. The van der Waals surface area contributed by atoms with Crippen molar-refractivity contribution in [2.45, 2.75) is 44.4 Å². The summed E-state index contributed by atoms with van der Waals surface area (Å²) < 4.78 is 39.4. The SMILES string of the molecule is CCN(CC(=O)O)C1CC(NC(=O)N2CCc3c2cccc3C(F)(F)F)C1. The van der Waals surface area contributed by atoms with Crippen molar-refractivity contribution < 1.29 is 27.9 Å². The van der Waals surface area contributed by atoms with Crippen LogP contribution in [-0.4, -0.2) is 53.7 Å². The van der Waals surface area contributed by atoms with Crippen molar-refractivity contribution in [2.24, 2.45) is 0 Å². The third-order valence-electron chi connectivity index (χ3n) is 5.28. The Morgan fingerprint density at radius 1 is 1.33 bits per heavy atom. The van der Waals surface area contributed by atoms with E-state index in [0.29, 0.717) is 25.1 Å². The van der Waals surface area contributed by atoms with Gasteiger partial charge in [0.2, 0.25) is 0 Å². The second kappa shape index (κ2) is 7.38. The highest BCUT2D eigenvalue weighted by Crippen LogP contribution is 2.39. The number of nitrogens with zero attached hydrogens (tertiary/aromatic N) is 2. The van der Waals surface area contributed by atoms with Gasteiger partial charge in [-0.25, -0.2) is 4.79 Å². The van der Waals surface area contributed by atoms with Crippen LogP contribution in [-0.2, 0) is 17.4 Å². The number of likely N-dealkylation sites (N-methyl/N-ethyl adjacent to an activating group) is 1. The smallest absolute Gasteiger partial charge is 0.416 e. The molecule has 0 radical (unpaired) electrons. The quantitative estimate of drug-likeness (QED) is 0.818. The molecule has 0 spiro atoms. The molecule has 3 rings (SSSR count). The second-order valence-corrected chi connectivity index (χ2v) is 6.93. The van der Waals surface area contributed by atoms with Gasteiger partial charge < -0.3 is 10.4 Å². The van der Waals surface area contributed by atoms with E-state index < -0.39 is 23.7 Å².